The molecular formula is C16H22N2O3S. The van der Waals surface area contributed by atoms with Gasteiger partial charge in [0.05, 0.1) is 17.5 Å². The van der Waals surface area contributed by atoms with Crippen LogP contribution in [0.5, 0.6) is 0 Å². The van der Waals surface area contributed by atoms with Crippen molar-refractivity contribution in [3.05, 3.63) is 34.9 Å². The van der Waals surface area contributed by atoms with E-state index in [1.54, 1.807) is 0 Å². The van der Waals surface area contributed by atoms with Crippen LogP contribution in [-0.4, -0.2) is 32.4 Å². The van der Waals surface area contributed by atoms with E-state index >= 15 is 0 Å². The van der Waals surface area contributed by atoms with E-state index in [0.717, 1.165) is 6.54 Å². The van der Waals surface area contributed by atoms with Crippen LogP contribution in [0.2, 0.25) is 0 Å². The Labute approximate surface area is 131 Å². The van der Waals surface area contributed by atoms with Gasteiger partial charge in [0.25, 0.3) is 0 Å². The predicted molar refractivity (Wildman–Crippen MR) is 85.1 cm³/mol. The Hall–Kier alpha value is -1.40. The molecule has 1 aromatic carbocycles. The van der Waals surface area contributed by atoms with E-state index in [2.05, 4.69) is 29.7 Å². The first-order valence-corrected chi connectivity index (χ1v) is 9.55. The number of benzene rings is 1. The van der Waals surface area contributed by atoms with Crippen LogP contribution < -0.4 is 10.6 Å². The SMILES string of the molecule is Cc1cccc2c1CNCC2NC(=O)CC1CCS(=O)(=O)C1. The zero-order valence-electron chi connectivity index (χ0n) is 12.8. The van der Waals surface area contributed by atoms with Crippen molar-refractivity contribution in [2.24, 2.45) is 5.92 Å². The van der Waals surface area contributed by atoms with E-state index < -0.39 is 9.84 Å². The molecule has 0 radical (unpaired) electrons. The summed E-state index contributed by atoms with van der Waals surface area (Å²) in [6.07, 6.45) is 0.908. The van der Waals surface area contributed by atoms with Crippen molar-refractivity contribution in [2.75, 3.05) is 18.1 Å². The van der Waals surface area contributed by atoms with Gasteiger partial charge in [0.2, 0.25) is 5.91 Å². The van der Waals surface area contributed by atoms with Crippen molar-refractivity contribution in [1.29, 1.82) is 0 Å². The lowest BCUT2D eigenvalue weighted by molar-refractivity contribution is -0.122. The van der Waals surface area contributed by atoms with Crippen molar-refractivity contribution in [3.63, 3.8) is 0 Å². The molecule has 2 aliphatic heterocycles. The second-order valence-electron chi connectivity index (χ2n) is 6.37. The van der Waals surface area contributed by atoms with E-state index in [0.29, 0.717) is 19.4 Å². The van der Waals surface area contributed by atoms with Crippen LogP contribution in [0.1, 0.15) is 35.6 Å². The largest absolute Gasteiger partial charge is 0.348 e. The summed E-state index contributed by atoms with van der Waals surface area (Å²) >= 11 is 0. The van der Waals surface area contributed by atoms with Gasteiger partial charge in [0.15, 0.2) is 9.84 Å². The highest BCUT2D eigenvalue weighted by Gasteiger charge is 2.30. The summed E-state index contributed by atoms with van der Waals surface area (Å²) < 4.78 is 22.9. The second-order valence-corrected chi connectivity index (χ2v) is 8.60. The third-order valence-corrected chi connectivity index (χ3v) is 6.45. The van der Waals surface area contributed by atoms with Gasteiger partial charge >= 0.3 is 0 Å². The summed E-state index contributed by atoms with van der Waals surface area (Å²) in [7, 11) is -2.92. The maximum absolute atomic E-state index is 12.2. The summed E-state index contributed by atoms with van der Waals surface area (Å²) in [6, 6.07) is 6.12. The van der Waals surface area contributed by atoms with Crippen molar-refractivity contribution < 1.29 is 13.2 Å². The molecule has 1 fully saturated rings. The van der Waals surface area contributed by atoms with Crippen molar-refractivity contribution in [1.82, 2.24) is 10.6 Å². The lowest BCUT2D eigenvalue weighted by Gasteiger charge is -2.28. The molecule has 1 amide bonds. The molecule has 2 N–H and O–H groups in total. The molecule has 0 aromatic heterocycles. The number of carbonyl (C=O) groups is 1. The highest BCUT2D eigenvalue weighted by Crippen LogP contribution is 2.26. The van der Waals surface area contributed by atoms with Gasteiger partial charge in [-0.05, 0) is 36.0 Å². The van der Waals surface area contributed by atoms with Crippen LogP contribution >= 0.6 is 0 Å². The van der Waals surface area contributed by atoms with Crippen molar-refractivity contribution >= 4 is 15.7 Å². The summed E-state index contributed by atoms with van der Waals surface area (Å²) in [5, 5.41) is 6.39. The van der Waals surface area contributed by atoms with E-state index in [4.69, 9.17) is 0 Å². The standard InChI is InChI=1S/C16H22N2O3S/c1-11-3-2-4-13-14(11)8-17-9-15(13)18-16(19)7-12-5-6-22(20,21)10-12/h2-4,12,15,17H,5-10H2,1H3,(H,18,19). The van der Waals surface area contributed by atoms with Crippen molar-refractivity contribution in [2.45, 2.75) is 32.4 Å². The first kappa shape index (κ1) is 15.5. The molecular weight excluding hydrogens is 300 g/mol. The minimum Gasteiger partial charge on any atom is -0.348 e. The van der Waals surface area contributed by atoms with Gasteiger partial charge in [-0.25, -0.2) is 8.42 Å². The summed E-state index contributed by atoms with van der Waals surface area (Å²) in [6.45, 7) is 3.62. The quantitative estimate of drug-likeness (QED) is 0.873. The normalized spacial score (nSPS) is 26.4. The summed E-state index contributed by atoms with van der Waals surface area (Å²) in [4.78, 5) is 12.2. The molecule has 2 aliphatic rings. The Bertz CT molecular complexity index is 685. The van der Waals surface area contributed by atoms with Crippen LogP contribution in [0.4, 0.5) is 0 Å². The molecule has 0 aliphatic carbocycles. The number of carbonyl (C=O) groups excluding carboxylic acids is 1. The average Bonchev–Trinajstić information content (AvgIpc) is 2.79. The minimum atomic E-state index is -2.92. The molecule has 0 bridgehead atoms. The number of sulfone groups is 1. The van der Waals surface area contributed by atoms with Gasteiger partial charge in [0, 0.05) is 19.5 Å². The van der Waals surface area contributed by atoms with Gasteiger partial charge in [-0.2, -0.15) is 0 Å². The molecule has 120 valence electrons. The minimum absolute atomic E-state index is 0.0291. The Morgan fingerprint density at radius 1 is 1.41 bits per heavy atom. The molecule has 6 heteroatoms. The van der Waals surface area contributed by atoms with E-state index in [9.17, 15) is 13.2 Å². The molecule has 2 atom stereocenters. The number of amides is 1. The first-order valence-electron chi connectivity index (χ1n) is 7.73. The molecule has 2 unspecified atom stereocenters. The topological polar surface area (TPSA) is 75.3 Å². The van der Waals surface area contributed by atoms with Gasteiger partial charge in [-0.1, -0.05) is 18.2 Å². The number of rotatable bonds is 3. The number of hydrogen-bond acceptors (Lipinski definition) is 4. The molecule has 5 nitrogen and oxygen atoms in total. The lowest BCUT2D eigenvalue weighted by Crippen LogP contribution is -2.40. The van der Waals surface area contributed by atoms with Gasteiger partial charge < -0.3 is 10.6 Å². The Morgan fingerprint density at radius 3 is 2.95 bits per heavy atom. The highest BCUT2D eigenvalue weighted by molar-refractivity contribution is 7.91. The molecule has 1 saturated heterocycles. The predicted octanol–water partition coefficient (Wildman–Crippen LogP) is 1.08. The Kier molecular flexibility index (Phi) is 4.23. The third-order valence-electron chi connectivity index (χ3n) is 4.61. The summed E-state index contributed by atoms with van der Waals surface area (Å²) in [5.41, 5.74) is 3.65. The fraction of sp³-hybridized carbons (Fsp3) is 0.562. The number of nitrogens with one attached hydrogen (secondary N) is 2. The van der Waals surface area contributed by atoms with E-state index in [1.165, 1.54) is 16.7 Å². The van der Waals surface area contributed by atoms with Crippen LogP contribution in [0.3, 0.4) is 0 Å². The van der Waals surface area contributed by atoms with E-state index in [1.807, 2.05) is 6.07 Å². The maximum atomic E-state index is 12.2. The van der Waals surface area contributed by atoms with Crippen LogP contribution in [-0.2, 0) is 21.2 Å². The molecule has 22 heavy (non-hydrogen) atoms. The third kappa shape index (κ3) is 3.33. The number of fused-ring (bicyclic) bond motifs is 1. The van der Waals surface area contributed by atoms with Gasteiger partial charge in [0.1, 0.15) is 0 Å². The fourth-order valence-electron chi connectivity index (χ4n) is 3.42. The zero-order chi connectivity index (χ0) is 15.7. The van der Waals surface area contributed by atoms with Gasteiger partial charge in [-0.3, -0.25) is 4.79 Å². The van der Waals surface area contributed by atoms with Crippen LogP contribution in [0, 0.1) is 12.8 Å². The molecule has 0 saturated carbocycles. The smallest absolute Gasteiger partial charge is 0.220 e. The average molecular weight is 322 g/mol. The zero-order valence-corrected chi connectivity index (χ0v) is 13.6. The lowest BCUT2D eigenvalue weighted by atomic mass is 9.93. The first-order chi connectivity index (χ1) is 10.4. The van der Waals surface area contributed by atoms with Crippen molar-refractivity contribution in [3.8, 4) is 0 Å². The molecule has 3 rings (SSSR count). The molecule has 2 heterocycles. The second kappa shape index (κ2) is 6.01. The monoisotopic (exact) mass is 322 g/mol. The van der Waals surface area contributed by atoms with Crippen LogP contribution in [0.25, 0.3) is 0 Å². The van der Waals surface area contributed by atoms with Gasteiger partial charge in [-0.15, -0.1) is 0 Å². The highest BCUT2D eigenvalue weighted by atomic mass is 32.2. The molecule has 0 spiro atoms. The Morgan fingerprint density at radius 2 is 2.23 bits per heavy atom. The summed E-state index contributed by atoms with van der Waals surface area (Å²) in [5.74, 6) is 0.290. The van der Waals surface area contributed by atoms with E-state index in [-0.39, 0.29) is 29.4 Å². The maximum Gasteiger partial charge on any atom is 0.220 e. The number of aryl methyl sites for hydroxylation is 1. The Balaban J connectivity index is 1.65. The number of hydrogen-bond donors (Lipinski definition) is 2. The van der Waals surface area contributed by atoms with Crippen LogP contribution in [0.15, 0.2) is 18.2 Å². The fourth-order valence-corrected chi connectivity index (χ4v) is 5.28. The molecule has 1 aromatic rings.